The molecule has 0 unspecified atom stereocenters. The zero-order valence-corrected chi connectivity index (χ0v) is 17.3. The summed E-state index contributed by atoms with van der Waals surface area (Å²) in [6.45, 7) is 10.4. The van der Waals surface area contributed by atoms with E-state index in [2.05, 4.69) is 6.92 Å². The van der Waals surface area contributed by atoms with Gasteiger partial charge in [0.05, 0.1) is 0 Å². The molecule has 0 bridgehead atoms. The highest BCUT2D eigenvalue weighted by atomic mass is 28.4. The Morgan fingerprint density at radius 3 is 1.17 bits per heavy atom. The van der Waals surface area contributed by atoms with Crippen molar-refractivity contribution in [2.75, 3.05) is 19.8 Å². The monoisotopic (exact) mass is 346 g/mol. The first-order valence-corrected chi connectivity index (χ1v) is 12.1. The molecule has 4 heteroatoms. The second kappa shape index (κ2) is 16.9. The van der Waals surface area contributed by atoms with Crippen LogP contribution in [0.15, 0.2) is 0 Å². The number of hydrogen-bond donors (Lipinski definition) is 0. The first kappa shape index (κ1) is 23.1. The Balaban J connectivity index is 3.65. The van der Waals surface area contributed by atoms with Gasteiger partial charge in [0.25, 0.3) is 0 Å². The third-order valence-electron chi connectivity index (χ3n) is 4.18. The molecule has 0 radical (unpaired) electrons. The summed E-state index contributed by atoms with van der Waals surface area (Å²) in [6, 6.07) is 0.972. The molecule has 0 rings (SSSR count). The van der Waals surface area contributed by atoms with Crippen LogP contribution in [-0.4, -0.2) is 28.6 Å². The summed E-state index contributed by atoms with van der Waals surface area (Å²) in [6.07, 6.45) is 15.0. The molecule has 23 heavy (non-hydrogen) atoms. The third-order valence-corrected chi connectivity index (χ3v) is 7.33. The van der Waals surface area contributed by atoms with Gasteiger partial charge in [-0.3, -0.25) is 0 Å². The van der Waals surface area contributed by atoms with E-state index < -0.39 is 8.80 Å². The molecule has 0 aliphatic heterocycles. The highest BCUT2D eigenvalue weighted by Gasteiger charge is 2.39. The van der Waals surface area contributed by atoms with Gasteiger partial charge in [-0.05, 0) is 27.2 Å². The Morgan fingerprint density at radius 2 is 0.826 bits per heavy atom. The average molecular weight is 347 g/mol. The van der Waals surface area contributed by atoms with Crippen molar-refractivity contribution in [2.24, 2.45) is 0 Å². The zero-order valence-electron chi connectivity index (χ0n) is 16.3. The van der Waals surface area contributed by atoms with E-state index in [0.29, 0.717) is 19.8 Å². The van der Waals surface area contributed by atoms with Crippen molar-refractivity contribution < 1.29 is 13.3 Å². The van der Waals surface area contributed by atoms with Crippen molar-refractivity contribution in [1.29, 1.82) is 0 Å². The fraction of sp³-hybridized carbons (Fsp3) is 1.00. The lowest BCUT2D eigenvalue weighted by molar-refractivity contribution is 0.0706. The fourth-order valence-corrected chi connectivity index (χ4v) is 5.69. The van der Waals surface area contributed by atoms with E-state index in [-0.39, 0.29) is 0 Å². The van der Waals surface area contributed by atoms with Crippen molar-refractivity contribution in [2.45, 2.75) is 104 Å². The van der Waals surface area contributed by atoms with E-state index in [9.17, 15) is 0 Å². The van der Waals surface area contributed by atoms with Gasteiger partial charge < -0.3 is 13.3 Å². The second-order valence-electron chi connectivity index (χ2n) is 6.27. The van der Waals surface area contributed by atoms with Crippen molar-refractivity contribution in [3.63, 3.8) is 0 Å². The molecule has 0 saturated heterocycles. The lowest BCUT2D eigenvalue weighted by Gasteiger charge is -2.28. The van der Waals surface area contributed by atoms with Crippen LogP contribution in [0.2, 0.25) is 6.04 Å². The Kier molecular flexibility index (Phi) is 17.0. The van der Waals surface area contributed by atoms with Crippen LogP contribution in [0, 0.1) is 0 Å². The molecule has 0 aromatic heterocycles. The molecule has 0 spiro atoms. The molecule has 0 aromatic rings. The normalized spacial score (nSPS) is 12.0. The van der Waals surface area contributed by atoms with Gasteiger partial charge in [0.1, 0.15) is 0 Å². The van der Waals surface area contributed by atoms with Crippen LogP contribution in [0.4, 0.5) is 0 Å². The van der Waals surface area contributed by atoms with E-state index in [4.69, 9.17) is 13.3 Å². The minimum absolute atomic E-state index is 0.685. The Hall–Kier alpha value is 0.0969. The van der Waals surface area contributed by atoms with Gasteiger partial charge in [0, 0.05) is 25.9 Å². The van der Waals surface area contributed by atoms with E-state index in [1.165, 1.54) is 70.6 Å². The van der Waals surface area contributed by atoms with Gasteiger partial charge in [-0.1, -0.05) is 71.1 Å². The van der Waals surface area contributed by atoms with Crippen LogP contribution < -0.4 is 0 Å². The lowest BCUT2D eigenvalue weighted by Crippen LogP contribution is -2.45. The summed E-state index contributed by atoms with van der Waals surface area (Å²) in [5.74, 6) is 0. The SMILES string of the molecule is CCCCCCCCCCCCC[Si](OCC)(OCC)OCC. The van der Waals surface area contributed by atoms with Gasteiger partial charge in [-0.15, -0.1) is 0 Å². The van der Waals surface area contributed by atoms with Gasteiger partial charge in [0.15, 0.2) is 0 Å². The molecule has 0 heterocycles. The maximum Gasteiger partial charge on any atom is 0.500 e. The first-order chi connectivity index (χ1) is 11.2. The Morgan fingerprint density at radius 1 is 0.478 bits per heavy atom. The minimum atomic E-state index is -2.39. The summed E-state index contributed by atoms with van der Waals surface area (Å²) in [4.78, 5) is 0. The summed E-state index contributed by atoms with van der Waals surface area (Å²) in [7, 11) is -2.39. The molecule has 0 aliphatic rings. The van der Waals surface area contributed by atoms with E-state index in [0.717, 1.165) is 6.04 Å². The maximum absolute atomic E-state index is 5.90. The van der Waals surface area contributed by atoms with Crippen molar-refractivity contribution >= 4 is 8.80 Å². The van der Waals surface area contributed by atoms with Crippen molar-refractivity contribution in [3.05, 3.63) is 0 Å². The number of hydrogen-bond acceptors (Lipinski definition) is 3. The number of unbranched alkanes of at least 4 members (excludes halogenated alkanes) is 10. The third kappa shape index (κ3) is 13.1. The van der Waals surface area contributed by atoms with Crippen LogP contribution in [-0.2, 0) is 13.3 Å². The van der Waals surface area contributed by atoms with Gasteiger partial charge in [0.2, 0.25) is 0 Å². The summed E-state index contributed by atoms with van der Waals surface area (Å²) >= 11 is 0. The van der Waals surface area contributed by atoms with Crippen LogP contribution in [0.25, 0.3) is 0 Å². The molecule has 0 fully saturated rings. The molecule has 0 amide bonds. The zero-order chi connectivity index (χ0) is 17.2. The average Bonchev–Trinajstić information content (AvgIpc) is 2.53. The maximum atomic E-state index is 5.90. The second-order valence-corrected chi connectivity index (χ2v) is 9.00. The minimum Gasteiger partial charge on any atom is -0.374 e. The molecule has 0 aliphatic carbocycles. The Bertz CT molecular complexity index is 220. The van der Waals surface area contributed by atoms with E-state index in [1.807, 2.05) is 20.8 Å². The number of rotatable bonds is 18. The molecule has 0 aromatic carbocycles. The molecular formula is C19H42O3Si. The predicted octanol–water partition coefficient (Wildman–Crippen LogP) is 6.35. The van der Waals surface area contributed by atoms with Crippen LogP contribution in [0.3, 0.4) is 0 Å². The highest BCUT2D eigenvalue weighted by molar-refractivity contribution is 6.60. The van der Waals surface area contributed by atoms with Gasteiger partial charge in [-0.25, -0.2) is 0 Å². The standard InChI is InChI=1S/C19H42O3Si/c1-5-9-10-11-12-13-14-15-16-17-18-19-23(20-6-2,21-7-3)22-8-4/h5-19H2,1-4H3. The van der Waals surface area contributed by atoms with Gasteiger partial charge in [-0.2, -0.15) is 0 Å². The van der Waals surface area contributed by atoms with Crippen molar-refractivity contribution in [1.82, 2.24) is 0 Å². The summed E-state index contributed by atoms with van der Waals surface area (Å²) in [5.41, 5.74) is 0. The quantitative estimate of drug-likeness (QED) is 0.214. The van der Waals surface area contributed by atoms with Crippen LogP contribution in [0.5, 0.6) is 0 Å². The molecule has 0 N–H and O–H groups in total. The lowest BCUT2D eigenvalue weighted by atomic mass is 10.1. The van der Waals surface area contributed by atoms with Gasteiger partial charge >= 0.3 is 8.80 Å². The molecule has 0 atom stereocenters. The van der Waals surface area contributed by atoms with Crippen LogP contribution in [0.1, 0.15) is 98.3 Å². The molecule has 3 nitrogen and oxygen atoms in total. The first-order valence-electron chi connectivity index (χ1n) is 10.2. The fourth-order valence-electron chi connectivity index (χ4n) is 3.01. The highest BCUT2D eigenvalue weighted by Crippen LogP contribution is 2.21. The predicted molar refractivity (Wildman–Crippen MR) is 102 cm³/mol. The molecule has 140 valence electrons. The molecule has 0 saturated carbocycles. The van der Waals surface area contributed by atoms with E-state index >= 15 is 0 Å². The Labute approximate surface area is 146 Å². The van der Waals surface area contributed by atoms with E-state index in [1.54, 1.807) is 0 Å². The summed E-state index contributed by atoms with van der Waals surface area (Å²) < 4.78 is 17.7. The van der Waals surface area contributed by atoms with Crippen molar-refractivity contribution in [3.8, 4) is 0 Å². The largest absolute Gasteiger partial charge is 0.500 e. The van der Waals surface area contributed by atoms with Crippen LogP contribution >= 0.6 is 0 Å². The topological polar surface area (TPSA) is 27.7 Å². The smallest absolute Gasteiger partial charge is 0.374 e. The molecular weight excluding hydrogens is 304 g/mol. The summed E-state index contributed by atoms with van der Waals surface area (Å²) in [5, 5.41) is 0.